The van der Waals surface area contributed by atoms with E-state index in [0.717, 1.165) is 18.4 Å². The molecule has 0 aromatic heterocycles. The van der Waals surface area contributed by atoms with Crippen LogP contribution in [0.4, 0.5) is 0 Å². The lowest BCUT2D eigenvalue weighted by Gasteiger charge is -2.30. The van der Waals surface area contributed by atoms with Gasteiger partial charge >= 0.3 is 0 Å². The summed E-state index contributed by atoms with van der Waals surface area (Å²) < 4.78 is 4.81. The average molecular weight is 282 g/mol. The maximum absolute atomic E-state index is 10.6. The van der Waals surface area contributed by atoms with Crippen molar-refractivity contribution < 1.29 is 14.3 Å². The maximum Gasteiger partial charge on any atom is 0.122 e. The molecule has 3 nitrogen and oxygen atoms in total. The minimum absolute atomic E-state index is 0.476. The molecule has 108 valence electrons. The van der Waals surface area contributed by atoms with E-state index < -0.39 is 8.60 Å². The molecule has 0 aliphatic carbocycles. The fourth-order valence-corrected chi connectivity index (χ4v) is 2.49. The summed E-state index contributed by atoms with van der Waals surface area (Å²) in [6, 6.07) is 7.36. The van der Waals surface area contributed by atoms with E-state index in [1.54, 1.807) is 12.1 Å². The standard InChI is InChI=1S/C15H23O3P/c1-2-3-4-5-6-7-8-11-14-12-9-10-13-15(14)18-19(16)17/h9-10,12-13H,2-8,11H2,1H3/q-2. The summed E-state index contributed by atoms with van der Waals surface area (Å²) in [6.45, 7) is 2.22. The summed E-state index contributed by atoms with van der Waals surface area (Å²) in [7, 11) is -2.82. The molecule has 1 aromatic carbocycles. The van der Waals surface area contributed by atoms with Crippen LogP contribution in [0, 0.1) is 0 Å². The number of aryl methyl sites for hydroxylation is 1. The van der Waals surface area contributed by atoms with Crippen LogP contribution in [0.2, 0.25) is 0 Å². The third kappa shape index (κ3) is 7.51. The van der Waals surface area contributed by atoms with E-state index >= 15 is 0 Å². The van der Waals surface area contributed by atoms with Gasteiger partial charge in [-0.25, -0.2) is 0 Å². The molecule has 0 unspecified atom stereocenters. The van der Waals surface area contributed by atoms with E-state index in [0.29, 0.717) is 5.75 Å². The maximum atomic E-state index is 10.6. The van der Waals surface area contributed by atoms with Crippen molar-refractivity contribution in [2.24, 2.45) is 0 Å². The Morgan fingerprint density at radius 2 is 1.58 bits per heavy atom. The fraction of sp³-hybridized carbons (Fsp3) is 0.600. The van der Waals surface area contributed by atoms with Crippen LogP contribution in [0.5, 0.6) is 5.75 Å². The number of para-hydroxylation sites is 1. The van der Waals surface area contributed by atoms with Gasteiger partial charge < -0.3 is 14.3 Å². The first-order chi connectivity index (χ1) is 9.24. The van der Waals surface area contributed by atoms with E-state index in [4.69, 9.17) is 4.52 Å². The van der Waals surface area contributed by atoms with Gasteiger partial charge in [0.1, 0.15) is 5.75 Å². The number of benzene rings is 1. The van der Waals surface area contributed by atoms with Crippen LogP contribution >= 0.6 is 8.60 Å². The van der Waals surface area contributed by atoms with E-state index in [9.17, 15) is 9.79 Å². The zero-order valence-electron chi connectivity index (χ0n) is 11.6. The van der Waals surface area contributed by atoms with Gasteiger partial charge in [-0.05, 0) is 24.5 Å². The molecular formula is C15H23O3P-2. The van der Waals surface area contributed by atoms with Gasteiger partial charge in [0.25, 0.3) is 0 Å². The van der Waals surface area contributed by atoms with E-state index in [2.05, 4.69) is 6.92 Å². The highest BCUT2D eigenvalue weighted by molar-refractivity contribution is 7.36. The third-order valence-electron chi connectivity index (χ3n) is 3.20. The number of unbranched alkanes of at least 4 members (excludes halogenated alkanes) is 6. The van der Waals surface area contributed by atoms with Crippen molar-refractivity contribution in [3.05, 3.63) is 29.8 Å². The van der Waals surface area contributed by atoms with Crippen LogP contribution in [0.25, 0.3) is 0 Å². The first-order valence-electron chi connectivity index (χ1n) is 7.14. The first kappa shape index (κ1) is 16.4. The molecule has 1 rings (SSSR count). The van der Waals surface area contributed by atoms with Gasteiger partial charge in [-0.2, -0.15) is 0 Å². The van der Waals surface area contributed by atoms with Crippen molar-refractivity contribution >= 4 is 8.60 Å². The Labute approximate surface area is 117 Å². The highest BCUT2D eigenvalue weighted by atomic mass is 31.2. The SMILES string of the molecule is CCCCCCCCCc1ccccc1OP([O-])[O-]. The second-order valence-electron chi connectivity index (χ2n) is 4.79. The van der Waals surface area contributed by atoms with Crippen LogP contribution in [0.3, 0.4) is 0 Å². The molecule has 0 spiro atoms. The van der Waals surface area contributed by atoms with Crippen molar-refractivity contribution in [1.82, 2.24) is 0 Å². The lowest BCUT2D eigenvalue weighted by Crippen LogP contribution is -2.13. The topological polar surface area (TPSA) is 55.3 Å². The molecule has 0 aliphatic heterocycles. The summed E-state index contributed by atoms with van der Waals surface area (Å²) in [5, 5.41) is 0. The molecule has 0 saturated heterocycles. The lowest BCUT2D eigenvalue weighted by atomic mass is 10.0. The van der Waals surface area contributed by atoms with Gasteiger partial charge in [-0.3, -0.25) is 0 Å². The Balaban J connectivity index is 2.25. The highest BCUT2D eigenvalue weighted by Gasteiger charge is 2.01. The van der Waals surface area contributed by atoms with Gasteiger partial charge in [0.15, 0.2) is 0 Å². The smallest absolute Gasteiger partial charge is 0.122 e. The average Bonchev–Trinajstić information content (AvgIpc) is 2.39. The molecule has 19 heavy (non-hydrogen) atoms. The van der Waals surface area contributed by atoms with Gasteiger partial charge in [0.2, 0.25) is 0 Å². The summed E-state index contributed by atoms with van der Waals surface area (Å²) in [5.41, 5.74) is 0.982. The number of hydrogen-bond acceptors (Lipinski definition) is 3. The molecule has 0 radical (unpaired) electrons. The Hall–Kier alpha value is -0.630. The van der Waals surface area contributed by atoms with Crippen LogP contribution < -0.4 is 14.3 Å². The highest BCUT2D eigenvalue weighted by Crippen LogP contribution is 2.27. The van der Waals surface area contributed by atoms with Crippen LogP contribution in [-0.2, 0) is 6.42 Å². The van der Waals surface area contributed by atoms with Gasteiger partial charge in [-0.1, -0.05) is 72.3 Å². The van der Waals surface area contributed by atoms with Crippen LogP contribution in [-0.4, -0.2) is 0 Å². The first-order valence-corrected chi connectivity index (χ1v) is 8.24. The Kier molecular flexibility index (Phi) is 8.81. The molecule has 1 aromatic rings. The molecule has 4 heteroatoms. The largest absolute Gasteiger partial charge is 0.810 e. The van der Waals surface area contributed by atoms with E-state index in [-0.39, 0.29) is 0 Å². The zero-order valence-corrected chi connectivity index (χ0v) is 12.5. The van der Waals surface area contributed by atoms with Crippen molar-refractivity contribution in [3.8, 4) is 5.75 Å². The van der Waals surface area contributed by atoms with Crippen LogP contribution in [0.1, 0.15) is 57.4 Å². The number of hydrogen-bond donors (Lipinski definition) is 0. The molecule has 0 bridgehead atoms. The minimum Gasteiger partial charge on any atom is -0.810 e. The fourth-order valence-electron chi connectivity index (χ4n) is 2.15. The van der Waals surface area contributed by atoms with Crippen molar-refractivity contribution in [2.45, 2.75) is 58.3 Å². The predicted molar refractivity (Wildman–Crippen MR) is 75.7 cm³/mol. The summed E-state index contributed by atoms with van der Waals surface area (Å²) in [5.74, 6) is 0.476. The Morgan fingerprint density at radius 3 is 2.26 bits per heavy atom. The molecule has 0 amide bonds. The molecule has 0 aliphatic rings. The quantitative estimate of drug-likeness (QED) is 0.488. The Morgan fingerprint density at radius 1 is 0.947 bits per heavy atom. The molecular weight excluding hydrogens is 259 g/mol. The van der Waals surface area contributed by atoms with Crippen LogP contribution in [0.15, 0.2) is 24.3 Å². The van der Waals surface area contributed by atoms with Crippen molar-refractivity contribution in [2.75, 3.05) is 0 Å². The van der Waals surface area contributed by atoms with Crippen molar-refractivity contribution in [1.29, 1.82) is 0 Å². The molecule has 0 saturated carbocycles. The van der Waals surface area contributed by atoms with Gasteiger partial charge in [-0.15, -0.1) is 0 Å². The van der Waals surface area contributed by atoms with Gasteiger partial charge in [0.05, 0.1) is 0 Å². The third-order valence-corrected chi connectivity index (χ3v) is 3.54. The number of rotatable bonds is 10. The minimum atomic E-state index is -2.82. The molecule has 0 atom stereocenters. The predicted octanol–water partition coefficient (Wildman–Crippen LogP) is 3.31. The summed E-state index contributed by atoms with van der Waals surface area (Å²) in [4.78, 5) is 21.2. The van der Waals surface area contributed by atoms with E-state index in [1.165, 1.54) is 38.5 Å². The van der Waals surface area contributed by atoms with E-state index in [1.807, 2.05) is 12.1 Å². The normalized spacial score (nSPS) is 10.9. The molecule has 0 fully saturated rings. The summed E-state index contributed by atoms with van der Waals surface area (Å²) >= 11 is 0. The second kappa shape index (κ2) is 10.2. The molecule has 0 N–H and O–H groups in total. The summed E-state index contributed by atoms with van der Waals surface area (Å²) in [6.07, 6.45) is 9.66. The monoisotopic (exact) mass is 282 g/mol. The Bertz CT molecular complexity index is 342. The van der Waals surface area contributed by atoms with Crippen molar-refractivity contribution in [3.63, 3.8) is 0 Å². The lowest BCUT2D eigenvalue weighted by molar-refractivity contribution is -0.310. The molecule has 0 heterocycles. The zero-order chi connectivity index (χ0) is 13.9. The second-order valence-corrected chi connectivity index (χ2v) is 5.42. The van der Waals surface area contributed by atoms with Gasteiger partial charge in [0, 0.05) is 0 Å².